The van der Waals surface area contributed by atoms with Crippen molar-refractivity contribution in [3.63, 3.8) is 0 Å². The fraction of sp³-hybridized carbons (Fsp3) is 0.353. The average Bonchev–Trinajstić information content (AvgIpc) is 2.88. The second kappa shape index (κ2) is 6.93. The Hall–Kier alpha value is -2.05. The van der Waals surface area contributed by atoms with Crippen LogP contribution in [0, 0.1) is 11.8 Å². The third-order valence-electron chi connectivity index (χ3n) is 3.24. The zero-order valence-corrected chi connectivity index (χ0v) is 12.1. The Balaban J connectivity index is 2.15. The maximum atomic E-state index is 8.68. The van der Waals surface area contributed by atoms with E-state index in [9.17, 15) is 0 Å². The smallest absolute Gasteiger partial charge is 0.104 e. The topological polar surface area (TPSA) is 38.0 Å². The molecule has 2 aromatic rings. The number of hydrogen-bond donors (Lipinski definition) is 1. The minimum Gasteiger partial charge on any atom is -0.384 e. The van der Waals surface area contributed by atoms with E-state index in [0.29, 0.717) is 0 Å². The Morgan fingerprint density at radius 3 is 2.50 bits per heavy atom. The van der Waals surface area contributed by atoms with Gasteiger partial charge < -0.3 is 5.11 Å². The molecule has 0 unspecified atom stereocenters. The van der Waals surface area contributed by atoms with E-state index >= 15 is 0 Å². The van der Waals surface area contributed by atoms with Crippen molar-refractivity contribution in [2.45, 2.75) is 33.2 Å². The van der Waals surface area contributed by atoms with Crippen LogP contribution < -0.4 is 0 Å². The number of aliphatic hydroxyl groups excluding tert-OH is 1. The van der Waals surface area contributed by atoms with Gasteiger partial charge in [0, 0.05) is 11.3 Å². The third-order valence-corrected chi connectivity index (χ3v) is 3.24. The van der Waals surface area contributed by atoms with Crippen molar-refractivity contribution >= 4 is 0 Å². The lowest BCUT2D eigenvalue weighted by atomic mass is 10.1. The number of aryl methyl sites for hydroxylation is 2. The maximum Gasteiger partial charge on any atom is 0.104 e. The Labute approximate surface area is 120 Å². The van der Waals surface area contributed by atoms with Gasteiger partial charge in [-0.15, -0.1) is 0 Å². The first-order valence-corrected chi connectivity index (χ1v) is 7.01. The summed E-state index contributed by atoms with van der Waals surface area (Å²) in [7, 11) is 0. The van der Waals surface area contributed by atoms with Crippen LogP contribution in [0.2, 0.25) is 0 Å². The van der Waals surface area contributed by atoms with E-state index in [1.165, 1.54) is 11.3 Å². The molecule has 0 bridgehead atoms. The molecule has 20 heavy (non-hydrogen) atoms. The monoisotopic (exact) mass is 268 g/mol. The molecule has 0 amide bonds. The Morgan fingerprint density at radius 2 is 1.90 bits per heavy atom. The largest absolute Gasteiger partial charge is 0.384 e. The van der Waals surface area contributed by atoms with Crippen LogP contribution in [-0.4, -0.2) is 21.5 Å². The Kier molecular flexibility index (Phi) is 4.97. The predicted molar refractivity (Wildman–Crippen MR) is 80.5 cm³/mol. The van der Waals surface area contributed by atoms with Gasteiger partial charge in [-0.25, -0.2) is 0 Å². The Morgan fingerprint density at radius 1 is 1.15 bits per heavy atom. The highest BCUT2D eigenvalue weighted by Gasteiger charge is 2.05. The fourth-order valence-electron chi connectivity index (χ4n) is 2.12. The van der Waals surface area contributed by atoms with Gasteiger partial charge in [0.05, 0.1) is 12.2 Å². The summed E-state index contributed by atoms with van der Waals surface area (Å²) in [6, 6.07) is 10.3. The van der Waals surface area contributed by atoms with E-state index in [0.717, 1.165) is 30.6 Å². The third kappa shape index (κ3) is 3.49. The number of hydrogen-bond acceptors (Lipinski definition) is 2. The number of aliphatic hydroxyl groups is 1. The molecule has 0 saturated heterocycles. The van der Waals surface area contributed by atoms with Gasteiger partial charge in [0.25, 0.3) is 0 Å². The Bertz CT molecular complexity index is 615. The van der Waals surface area contributed by atoms with E-state index in [1.54, 1.807) is 0 Å². The van der Waals surface area contributed by atoms with Gasteiger partial charge >= 0.3 is 0 Å². The highest BCUT2D eigenvalue weighted by Crippen LogP contribution is 2.11. The van der Waals surface area contributed by atoms with Gasteiger partial charge in [0.1, 0.15) is 6.61 Å². The zero-order chi connectivity index (χ0) is 14.4. The normalized spacial score (nSPS) is 10.2. The summed E-state index contributed by atoms with van der Waals surface area (Å²) >= 11 is 0. The van der Waals surface area contributed by atoms with Crippen molar-refractivity contribution in [3.05, 3.63) is 52.8 Å². The van der Waals surface area contributed by atoms with Gasteiger partial charge in [-0.3, -0.25) is 4.68 Å². The molecule has 0 fully saturated rings. The van der Waals surface area contributed by atoms with Crippen molar-refractivity contribution in [2.75, 3.05) is 6.61 Å². The van der Waals surface area contributed by atoms with E-state index in [2.05, 4.69) is 53.7 Å². The maximum absolute atomic E-state index is 8.68. The molecule has 0 aliphatic carbocycles. The van der Waals surface area contributed by atoms with Crippen LogP contribution in [0.1, 0.15) is 36.4 Å². The molecule has 3 heteroatoms. The summed E-state index contributed by atoms with van der Waals surface area (Å²) in [5.74, 6) is 5.55. The molecule has 0 radical (unpaired) electrons. The predicted octanol–water partition coefficient (Wildman–Crippen LogP) is 2.40. The van der Waals surface area contributed by atoms with E-state index in [1.807, 2.05) is 12.1 Å². The highest BCUT2D eigenvalue weighted by molar-refractivity contribution is 5.36. The van der Waals surface area contributed by atoms with E-state index in [-0.39, 0.29) is 6.61 Å². The molecule has 2 rings (SSSR count). The fourth-order valence-corrected chi connectivity index (χ4v) is 2.12. The van der Waals surface area contributed by atoms with E-state index in [4.69, 9.17) is 5.11 Å². The van der Waals surface area contributed by atoms with Crippen LogP contribution in [0.15, 0.2) is 30.3 Å². The van der Waals surface area contributed by atoms with Gasteiger partial charge in [-0.2, -0.15) is 5.10 Å². The summed E-state index contributed by atoms with van der Waals surface area (Å²) in [6.07, 6.45) is 1.96. The van der Waals surface area contributed by atoms with Crippen molar-refractivity contribution in [3.8, 4) is 11.8 Å². The number of nitrogens with zero attached hydrogens (tertiary/aromatic N) is 2. The molecular formula is C17H20N2O. The van der Waals surface area contributed by atoms with Crippen LogP contribution >= 0.6 is 0 Å². The SMILES string of the molecule is CCc1cc(CC)n(Cc2ccc(C#CCO)cc2)n1. The zero-order valence-electron chi connectivity index (χ0n) is 12.1. The summed E-state index contributed by atoms with van der Waals surface area (Å²) in [5, 5.41) is 13.3. The molecule has 0 spiro atoms. The average molecular weight is 268 g/mol. The molecule has 1 N–H and O–H groups in total. The standard InChI is InChI=1S/C17H20N2O/c1-3-16-12-17(4-2)19(18-16)13-15-9-7-14(8-10-15)6-5-11-20/h7-10,12,20H,3-4,11,13H2,1-2H3. The van der Waals surface area contributed by atoms with Crippen molar-refractivity contribution in [2.24, 2.45) is 0 Å². The van der Waals surface area contributed by atoms with Crippen molar-refractivity contribution in [1.82, 2.24) is 9.78 Å². The van der Waals surface area contributed by atoms with Crippen LogP contribution in [0.25, 0.3) is 0 Å². The lowest BCUT2D eigenvalue weighted by Crippen LogP contribution is -2.05. The number of rotatable bonds is 4. The second-order valence-corrected chi connectivity index (χ2v) is 4.65. The van der Waals surface area contributed by atoms with Gasteiger partial charge in [0.15, 0.2) is 0 Å². The van der Waals surface area contributed by atoms with Crippen molar-refractivity contribution < 1.29 is 5.11 Å². The summed E-state index contributed by atoms with van der Waals surface area (Å²) < 4.78 is 2.08. The quantitative estimate of drug-likeness (QED) is 0.865. The van der Waals surface area contributed by atoms with Gasteiger partial charge in [-0.1, -0.05) is 37.8 Å². The molecule has 0 aliphatic rings. The molecular weight excluding hydrogens is 248 g/mol. The molecule has 0 aliphatic heterocycles. The first-order valence-electron chi connectivity index (χ1n) is 7.01. The van der Waals surface area contributed by atoms with Crippen LogP contribution in [-0.2, 0) is 19.4 Å². The first kappa shape index (κ1) is 14.4. The molecule has 1 heterocycles. The van der Waals surface area contributed by atoms with Crippen LogP contribution in [0.4, 0.5) is 0 Å². The lowest BCUT2D eigenvalue weighted by Gasteiger charge is -2.06. The minimum atomic E-state index is -0.102. The summed E-state index contributed by atoms with van der Waals surface area (Å²) in [6.45, 7) is 4.97. The molecule has 104 valence electrons. The minimum absolute atomic E-state index is 0.102. The molecule has 0 atom stereocenters. The second-order valence-electron chi connectivity index (χ2n) is 4.65. The lowest BCUT2D eigenvalue weighted by molar-refractivity contribution is 0.350. The van der Waals surface area contributed by atoms with Gasteiger partial charge in [-0.05, 0) is 36.6 Å². The van der Waals surface area contributed by atoms with Crippen LogP contribution in [0.5, 0.6) is 0 Å². The number of benzene rings is 1. The molecule has 0 saturated carbocycles. The van der Waals surface area contributed by atoms with Gasteiger partial charge in [0.2, 0.25) is 0 Å². The van der Waals surface area contributed by atoms with Crippen LogP contribution in [0.3, 0.4) is 0 Å². The number of aromatic nitrogens is 2. The van der Waals surface area contributed by atoms with E-state index < -0.39 is 0 Å². The summed E-state index contributed by atoms with van der Waals surface area (Å²) in [4.78, 5) is 0. The first-order chi connectivity index (χ1) is 9.76. The highest BCUT2D eigenvalue weighted by atomic mass is 16.2. The van der Waals surface area contributed by atoms with Crippen molar-refractivity contribution in [1.29, 1.82) is 0 Å². The molecule has 1 aromatic carbocycles. The molecule has 3 nitrogen and oxygen atoms in total. The summed E-state index contributed by atoms with van der Waals surface area (Å²) in [5.41, 5.74) is 4.55. The molecule has 1 aromatic heterocycles.